The van der Waals surface area contributed by atoms with E-state index < -0.39 is 0 Å². The molecule has 0 aliphatic heterocycles. The molecule has 0 aliphatic rings. The van der Waals surface area contributed by atoms with Gasteiger partial charge in [-0.15, -0.1) is 10.2 Å². The number of benzene rings is 2. The van der Waals surface area contributed by atoms with Gasteiger partial charge in [0, 0.05) is 12.1 Å². The van der Waals surface area contributed by atoms with Crippen LogP contribution in [0.2, 0.25) is 0 Å². The monoisotopic (exact) mass is 362 g/mol. The minimum atomic E-state index is -0.117. The van der Waals surface area contributed by atoms with Crippen LogP contribution < -0.4 is 15.4 Å². The van der Waals surface area contributed by atoms with Crippen LogP contribution >= 0.6 is 0 Å². The Morgan fingerprint density at radius 1 is 0.926 bits per heavy atom. The number of methoxy groups -OCH3 is 1. The first kappa shape index (κ1) is 18.4. The molecule has 0 saturated carbocycles. The molecule has 0 unspecified atom stereocenters. The molecule has 1 amide bonds. The topological polar surface area (TPSA) is 76.1 Å². The van der Waals surface area contributed by atoms with Gasteiger partial charge in [0.15, 0.2) is 5.82 Å². The van der Waals surface area contributed by atoms with Gasteiger partial charge in [-0.05, 0) is 36.2 Å². The molecule has 6 nitrogen and oxygen atoms in total. The summed E-state index contributed by atoms with van der Waals surface area (Å²) in [7, 11) is 1.65. The van der Waals surface area contributed by atoms with Gasteiger partial charge in [-0.3, -0.25) is 4.79 Å². The van der Waals surface area contributed by atoms with Crippen LogP contribution in [0, 0.1) is 6.92 Å². The third kappa shape index (κ3) is 5.04. The van der Waals surface area contributed by atoms with Crippen molar-refractivity contribution in [1.29, 1.82) is 0 Å². The molecule has 3 rings (SSSR count). The average molecular weight is 362 g/mol. The van der Waals surface area contributed by atoms with Crippen molar-refractivity contribution >= 4 is 17.5 Å². The number of carbonyl (C=O) groups is 1. The van der Waals surface area contributed by atoms with E-state index in [4.69, 9.17) is 4.74 Å². The Kier molecular flexibility index (Phi) is 5.99. The maximum Gasteiger partial charge on any atom is 0.230 e. The lowest BCUT2D eigenvalue weighted by molar-refractivity contribution is -0.115. The molecule has 6 heteroatoms. The van der Waals surface area contributed by atoms with Crippen molar-refractivity contribution in [3.05, 3.63) is 77.4 Å². The summed E-state index contributed by atoms with van der Waals surface area (Å²) in [6.07, 6.45) is 0.308. The van der Waals surface area contributed by atoms with Gasteiger partial charge in [-0.1, -0.05) is 42.5 Å². The van der Waals surface area contributed by atoms with Crippen molar-refractivity contribution in [3.63, 3.8) is 0 Å². The number of para-hydroxylation sites is 1. The van der Waals surface area contributed by atoms with Crippen molar-refractivity contribution < 1.29 is 9.53 Å². The zero-order valence-electron chi connectivity index (χ0n) is 15.4. The molecule has 0 spiro atoms. The highest BCUT2D eigenvalue weighted by Gasteiger charge is 2.08. The molecule has 138 valence electrons. The Morgan fingerprint density at radius 2 is 1.59 bits per heavy atom. The Balaban J connectivity index is 1.55. The zero-order valence-corrected chi connectivity index (χ0v) is 15.4. The number of rotatable bonds is 7. The van der Waals surface area contributed by atoms with Crippen LogP contribution in [-0.2, 0) is 17.8 Å². The Labute approximate surface area is 158 Å². The van der Waals surface area contributed by atoms with Gasteiger partial charge in [0.25, 0.3) is 0 Å². The molecule has 1 heterocycles. The van der Waals surface area contributed by atoms with E-state index in [1.54, 1.807) is 19.2 Å². The predicted octanol–water partition coefficient (Wildman–Crippen LogP) is 3.59. The molecular weight excluding hydrogens is 340 g/mol. The highest BCUT2D eigenvalue weighted by atomic mass is 16.5. The van der Waals surface area contributed by atoms with E-state index in [-0.39, 0.29) is 5.91 Å². The number of anilines is 2. The van der Waals surface area contributed by atoms with E-state index in [1.165, 1.54) is 0 Å². The van der Waals surface area contributed by atoms with Crippen LogP contribution in [0.4, 0.5) is 11.6 Å². The Hall–Kier alpha value is -3.41. The summed E-state index contributed by atoms with van der Waals surface area (Å²) in [5, 5.41) is 14.1. The summed E-state index contributed by atoms with van der Waals surface area (Å²) in [5.74, 6) is 1.75. The van der Waals surface area contributed by atoms with Gasteiger partial charge in [0.05, 0.1) is 13.5 Å². The quantitative estimate of drug-likeness (QED) is 0.672. The molecule has 0 saturated heterocycles. The van der Waals surface area contributed by atoms with Crippen molar-refractivity contribution in [2.75, 3.05) is 17.7 Å². The molecule has 2 aromatic carbocycles. The first-order valence-corrected chi connectivity index (χ1v) is 8.69. The number of hydrogen-bond acceptors (Lipinski definition) is 5. The van der Waals surface area contributed by atoms with E-state index in [0.29, 0.717) is 24.6 Å². The second-order valence-electron chi connectivity index (χ2n) is 6.12. The van der Waals surface area contributed by atoms with Crippen LogP contribution in [0.1, 0.15) is 16.7 Å². The fourth-order valence-corrected chi connectivity index (χ4v) is 2.70. The van der Waals surface area contributed by atoms with E-state index in [2.05, 4.69) is 20.8 Å². The van der Waals surface area contributed by atoms with Crippen LogP contribution in [-0.4, -0.2) is 23.2 Å². The van der Waals surface area contributed by atoms with Crippen molar-refractivity contribution in [2.24, 2.45) is 0 Å². The smallest absolute Gasteiger partial charge is 0.230 e. The normalized spacial score (nSPS) is 10.3. The fraction of sp³-hybridized carbons (Fsp3) is 0.190. The lowest BCUT2D eigenvalue weighted by atomic mass is 10.1. The number of amides is 1. The highest BCUT2D eigenvalue weighted by molar-refractivity contribution is 5.91. The average Bonchev–Trinajstić information content (AvgIpc) is 2.69. The molecule has 27 heavy (non-hydrogen) atoms. The van der Waals surface area contributed by atoms with E-state index in [0.717, 1.165) is 22.4 Å². The summed E-state index contributed by atoms with van der Waals surface area (Å²) < 4.78 is 5.33. The third-order valence-electron chi connectivity index (χ3n) is 4.20. The minimum Gasteiger partial charge on any atom is -0.496 e. The summed E-state index contributed by atoms with van der Waals surface area (Å²) in [5.41, 5.74) is 3.12. The Bertz CT molecular complexity index is 910. The van der Waals surface area contributed by atoms with E-state index in [1.807, 2.05) is 55.5 Å². The largest absolute Gasteiger partial charge is 0.496 e. The van der Waals surface area contributed by atoms with Gasteiger partial charge >= 0.3 is 0 Å². The standard InChI is InChI=1S/C21H22N4O2/c1-15-7-3-4-8-16(15)13-21(26)23-20-12-11-19(24-25-20)22-14-17-9-5-6-10-18(17)27-2/h3-12H,13-14H2,1-2H3,(H,22,24)(H,23,25,26). The molecule has 0 bridgehead atoms. The summed E-state index contributed by atoms with van der Waals surface area (Å²) >= 11 is 0. The highest BCUT2D eigenvalue weighted by Crippen LogP contribution is 2.18. The second-order valence-corrected chi connectivity index (χ2v) is 6.12. The molecule has 0 aliphatic carbocycles. The maximum atomic E-state index is 12.2. The summed E-state index contributed by atoms with van der Waals surface area (Å²) in [6, 6.07) is 19.1. The van der Waals surface area contributed by atoms with Crippen LogP contribution in [0.25, 0.3) is 0 Å². The number of nitrogens with zero attached hydrogens (tertiary/aromatic N) is 2. The van der Waals surface area contributed by atoms with Gasteiger partial charge in [-0.2, -0.15) is 0 Å². The third-order valence-corrected chi connectivity index (χ3v) is 4.20. The lowest BCUT2D eigenvalue weighted by Crippen LogP contribution is -2.16. The lowest BCUT2D eigenvalue weighted by Gasteiger charge is -2.10. The molecule has 3 aromatic rings. The van der Waals surface area contributed by atoms with Crippen molar-refractivity contribution in [1.82, 2.24) is 10.2 Å². The first-order chi connectivity index (χ1) is 13.2. The van der Waals surface area contributed by atoms with E-state index in [9.17, 15) is 4.79 Å². The first-order valence-electron chi connectivity index (χ1n) is 8.69. The van der Waals surface area contributed by atoms with Crippen molar-refractivity contribution in [2.45, 2.75) is 19.9 Å². The Morgan fingerprint density at radius 3 is 2.30 bits per heavy atom. The maximum absolute atomic E-state index is 12.2. The minimum absolute atomic E-state index is 0.117. The zero-order chi connectivity index (χ0) is 19.1. The van der Waals surface area contributed by atoms with Crippen LogP contribution in [0.3, 0.4) is 0 Å². The van der Waals surface area contributed by atoms with Crippen LogP contribution in [0.15, 0.2) is 60.7 Å². The number of aromatic nitrogens is 2. The van der Waals surface area contributed by atoms with Gasteiger partial charge in [0.1, 0.15) is 11.6 Å². The van der Waals surface area contributed by atoms with Gasteiger partial charge < -0.3 is 15.4 Å². The molecular formula is C21H22N4O2. The molecule has 0 radical (unpaired) electrons. The SMILES string of the molecule is COc1ccccc1CNc1ccc(NC(=O)Cc2ccccc2C)nn1. The van der Waals surface area contributed by atoms with Crippen LogP contribution in [0.5, 0.6) is 5.75 Å². The summed E-state index contributed by atoms with van der Waals surface area (Å²) in [6.45, 7) is 2.56. The van der Waals surface area contributed by atoms with Gasteiger partial charge in [-0.25, -0.2) is 0 Å². The molecule has 1 aromatic heterocycles. The number of carbonyl (C=O) groups excluding carboxylic acids is 1. The molecule has 0 fully saturated rings. The second kappa shape index (κ2) is 8.80. The number of aryl methyl sites for hydroxylation is 1. The van der Waals surface area contributed by atoms with E-state index >= 15 is 0 Å². The number of hydrogen-bond donors (Lipinski definition) is 2. The van der Waals surface area contributed by atoms with Gasteiger partial charge in [0.2, 0.25) is 5.91 Å². The number of ether oxygens (including phenoxy) is 1. The van der Waals surface area contributed by atoms with Crippen molar-refractivity contribution in [3.8, 4) is 5.75 Å². The summed E-state index contributed by atoms with van der Waals surface area (Å²) in [4.78, 5) is 12.2. The fourth-order valence-electron chi connectivity index (χ4n) is 2.70. The molecule has 0 atom stereocenters. The number of nitrogens with one attached hydrogen (secondary N) is 2. The molecule has 2 N–H and O–H groups in total. The predicted molar refractivity (Wildman–Crippen MR) is 106 cm³/mol.